The summed E-state index contributed by atoms with van der Waals surface area (Å²) in [4.78, 5) is 26.0. The summed E-state index contributed by atoms with van der Waals surface area (Å²) in [5, 5.41) is 2.86. The van der Waals surface area contributed by atoms with E-state index in [4.69, 9.17) is 0 Å². The van der Waals surface area contributed by atoms with Crippen molar-refractivity contribution in [1.82, 2.24) is 10.2 Å². The highest BCUT2D eigenvalue weighted by atomic mass is 16.2. The van der Waals surface area contributed by atoms with Gasteiger partial charge in [-0.3, -0.25) is 9.69 Å². The van der Waals surface area contributed by atoms with E-state index in [2.05, 4.69) is 38.2 Å². The molecule has 0 aromatic heterocycles. The first kappa shape index (κ1) is 16.5. The first-order valence-electron chi connectivity index (χ1n) is 7.97. The smallest absolute Gasteiger partial charge is 0.323 e. The summed E-state index contributed by atoms with van der Waals surface area (Å²) in [7, 11) is 0. The van der Waals surface area contributed by atoms with Crippen molar-refractivity contribution < 1.29 is 9.59 Å². The summed E-state index contributed by atoms with van der Waals surface area (Å²) in [6.07, 6.45) is 1.24. The van der Waals surface area contributed by atoms with E-state index in [0.29, 0.717) is 19.4 Å². The van der Waals surface area contributed by atoms with E-state index in [-0.39, 0.29) is 17.4 Å². The number of nitrogens with one attached hydrogen (secondary N) is 1. The highest BCUT2D eigenvalue weighted by Gasteiger charge is 2.48. The third kappa shape index (κ3) is 2.87. The molecular weight excluding hydrogens is 276 g/mol. The van der Waals surface area contributed by atoms with Crippen LogP contribution in [0.25, 0.3) is 0 Å². The third-order valence-corrected chi connectivity index (χ3v) is 4.61. The molecule has 1 aromatic rings. The predicted molar refractivity (Wildman–Crippen MR) is 87.5 cm³/mol. The van der Waals surface area contributed by atoms with Crippen molar-refractivity contribution in [3.05, 3.63) is 35.4 Å². The number of benzene rings is 1. The number of hydrogen-bond donors (Lipinski definition) is 1. The monoisotopic (exact) mass is 302 g/mol. The number of amides is 3. The minimum Gasteiger partial charge on any atom is -0.323 e. The van der Waals surface area contributed by atoms with E-state index >= 15 is 0 Å². The molecule has 2 rings (SSSR count). The van der Waals surface area contributed by atoms with Gasteiger partial charge in [0.2, 0.25) is 0 Å². The van der Waals surface area contributed by atoms with Crippen molar-refractivity contribution in [2.24, 2.45) is 0 Å². The second-order valence-electron chi connectivity index (χ2n) is 7.06. The Balaban J connectivity index is 2.17. The number of rotatable bonds is 4. The van der Waals surface area contributed by atoms with Crippen LogP contribution >= 0.6 is 0 Å². The van der Waals surface area contributed by atoms with Gasteiger partial charge in [0.1, 0.15) is 5.54 Å². The van der Waals surface area contributed by atoms with Crippen LogP contribution in [0.4, 0.5) is 4.79 Å². The van der Waals surface area contributed by atoms with Gasteiger partial charge in [0.15, 0.2) is 0 Å². The first-order chi connectivity index (χ1) is 10.2. The van der Waals surface area contributed by atoms with E-state index in [1.54, 1.807) is 0 Å². The quantitative estimate of drug-likeness (QED) is 0.864. The van der Waals surface area contributed by atoms with Crippen LogP contribution in [0.3, 0.4) is 0 Å². The van der Waals surface area contributed by atoms with Crippen LogP contribution in [0.2, 0.25) is 0 Å². The molecule has 1 aromatic carbocycles. The topological polar surface area (TPSA) is 49.4 Å². The minimum atomic E-state index is -0.720. The van der Waals surface area contributed by atoms with Gasteiger partial charge in [0, 0.05) is 0 Å². The zero-order valence-electron chi connectivity index (χ0n) is 14.2. The van der Waals surface area contributed by atoms with Gasteiger partial charge in [-0.2, -0.15) is 0 Å². The van der Waals surface area contributed by atoms with Gasteiger partial charge >= 0.3 is 6.03 Å². The molecule has 0 saturated carbocycles. The molecule has 4 heteroatoms. The second kappa shape index (κ2) is 5.75. The van der Waals surface area contributed by atoms with Crippen LogP contribution < -0.4 is 5.32 Å². The highest BCUT2D eigenvalue weighted by molar-refractivity contribution is 6.06. The van der Waals surface area contributed by atoms with E-state index < -0.39 is 5.54 Å². The van der Waals surface area contributed by atoms with Gasteiger partial charge in [-0.15, -0.1) is 0 Å². The van der Waals surface area contributed by atoms with Crippen LogP contribution in [-0.2, 0) is 16.8 Å². The van der Waals surface area contributed by atoms with E-state index in [1.165, 1.54) is 10.5 Å². The van der Waals surface area contributed by atoms with Gasteiger partial charge in [-0.05, 0) is 29.4 Å². The molecule has 0 spiro atoms. The zero-order valence-corrected chi connectivity index (χ0v) is 14.2. The molecule has 22 heavy (non-hydrogen) atoms. The van der Waals surface area contributed by atoms with Crippen LogP contribution in [0.1, 0.15) is 58.6 Å². The third-order valence-electron chi connectivity index (χ3n) is 4.61. The number of urea groups is 1. The summed E-state index contributed by atoms with van der Waals surface area (Å²) < 4.78 is 0. The highest BCUT2D eigenvalue weighted by Crippen LogP contribution is 2.27. The van der Waals surface area contributed by atoms with Crippen molar-refractivity contribution in [3.8, 4) is 0 Å². The lowest BCUT2D eigenvalue weighted by Crippen LogP contribution is -2.45. The lowest BCUT2D eigenvalue weighted by atomic mass is 9.86. The number of imide groups is 1. The molecule has 4 nitrogen and oxygen atoms in total. The van der Waals surface area contributed by atoms with Gasteiger partial charge in [-0.25, -0.2) is 4.79 Å². The van der Waals surface area contributed by atoms with Crippen molar-refractivity contribution in [1.29, 1.82) is 0 Å². The average molecular weight is 302 g/mol. The predicted octanol–water partition coefficient (Wildman–Crippen LogP) is 3.59. The molecule has 1 heterocycles. The Bertz CT molecular complexity index is 566. The Hall–Kier alpha value is -1.84. The summed E-state index contributed by atoms with van der Waals surface area (Å²) in [6.45, 7) is 10.7. The Morgan fingerprint density at radius 2 is 1.59 bits per heavy atom. The molecular formula is C18H26N2O2. The molecule has 1 aliphatic rings. The fraction of sp³-hybridized carbons (Fsp3) is 0.556. The zero-order chi connectivity index (χ0) is 16.5. The van der Waals surface area contributed by atoms with Crippen molar-refractivity contribution in [2.45, 2.75) is 65.0 Å². The summed E-state index contributed by atoms with van der Waals surface area (Å²) in [5.74, 6) is -0.109. The summed E-state index contributed by atoms with van der Waals surface area (Å²) in [5.41, 5.74) is 1.59. The molecule has 1 fully saturated rings. The van der Waals surface area contributed by atoms with Crippen LogP contribution in [0.5, 0.6) is 0 Å². The lowest BCUT2D eigenvalue weighted by Gasteiger charge is -2.23. The van der Waals surface area contributed by atoms with Crippen LogP contribution in [-0.4, -0.2) is 22.4 Å². The molecule has 0 radical (unpaired) electrons. The van der Waals surface area contributed by atoms with Gasteiger partial charge < -0.3 is 5.32 Å². The van der Waals surface area contributed by atoms with Gasteiger partial charge in [0.25, 0.3) is 5.91 Å². The Morgan fingerprint density at radius 1 is 1.05 bits per heavy atom. The maximum Gasteiger partial charge on any atom is 0.325 e. The maximum atomic E-state index is 12.6. The molecule has 1 N–H and O–H groups in total. The number of hydrogen-bond acceptors (Lipinski definition) is 2. The van der Waals surface area contributed by atoms with Gasteiger partial charge in [0.05, 0.1) is 6.54 Å². The molecule has 1 saturated heterocycles. The molecule has 0 unspecified atom stereocenters. The van der Waals surface area contributed by atoms with Crippen LogP contribution in [0.15, 0.2) is 24.3 Å². The normalized spacial score (nSPS) is 17.8. The van der Waals surface area contributed by atoms with Crippen molar-refractivity contribution in [3.63, 3.8) is 0 Å². The fourth-order valence-corrected chi connectivity index (χ4v) is 2.84. The van der Waals surface area contributed by atoms with Crippen molar-refractivity contribution in [2.75, 3.05) is 0 Å². The fourth-order valence-electron chi connectivity index (χ4n) is 2.84. The molecule has 1 aliphatic heterocycles. The Morgan fingerprint density at radius 3 is 2.00 bits per heavy atom. The van der Waals surface area contributed by atoms with Gasteiger partial charge in [-0.1, -0.05) is 58.9 Å². The molecule has 0 bridgehead atoms. The number of nitrogens with zero attached hydrogens (tertiary/aromatic N) is 1. The SMILES string of the molecule is CCC1(CC)NC(=O)N(Cc2ccc(C(C)(C)C)cc2)C1=O. The maximum absolute atomic E-state index is 12.6. The van der Waals surface area contributed by atoms with E-state index in [9.17, 15) is 9.59 Å². The molecule has 0 atom stereocenters. The molecule has 120 valence electrons. The minimum absolute atomic E-state index is 0.0962. The standard InChI is InChI=1S/C18H26N2O2/c1-6-18(7-2)15(21)20(16(22)19-18)12-13-8-10-14(11-9-13)17(3,4)5/h8-11H,6-7,12H2,1-5H3,(H,19,22). The first-order valence-corrected chi connectivity index (χ1v) is 7.97. The van der Waals surface area contributed by atoms with Crippen LogP contribution in [0, 0.1) is 0 Å². The van der Waals surface area contributed by atoms with E-state index in [1.807, 2.05) is 26.0 Å². The second-order valence-corrected chi connectivity index (χ2v) is 7.06. The van der Waals surface area contributed by atoms with Crippen molar-refractivity contribution >= 4 is 11.9 Å². The van der Waals surface area contributed by atoms with E-state index in [0.717, 1.165) is 5.56 Å². The molecule has 0 aliphatic carbocycles. The summed E-state index contributed by atoms with van der Waals surface area (Å²) in [6, 6.07) is 7.85. The Kier molecular flexibility index (Phi) is 4.32. The number of carbonyl (C=O) groups excluding carboxylic acids is 2. The largest absolute Gasteiger partial charge is 0.325 e. The lowest BCUT2D eigenvalue weighted by molar-refractivity contribution is -0.132. The molecule has 3 amide bonds. The summed E-state index contributed by atoms with van der Waals surface area (Å²) >= 11 is 0. The number of carbonyl (C=O) groups is 2. The Labute approximate surface area is 132 Å². The average Bonchev–Trinajstić information content (AvgIpc) is 2.71.